The quantitative estimate of drug-likeness (QED) is 0.774. The molecule has 1 N–H and O–H groups in total. The highest BCUT2D eigenvalue weighted by molar-refractivity contribution is 7.89. The number of halogens is 1. The van der Waals surface area contributed by atoms with Crippen molar-refractivity contribution in [3.8, 4) is 11.5 Å². The van der Waals surface area contributed by atoms with Crippen LogP contribution in [0.5, 0.6) is 0 Å². The molecular formula is C15H13FN4O3S. The van der Waals surface area contributed by atoms with E-state index in [9.17, 15) is 17.6 Å². The fourth-order valence-electron chi connectivity index (χ4n) is 2.25. The molecule has 2 aromatic heterocycles. The highest BCUT2D eigenvalue weighted by atomic mass is 32.2. The second-order valence-corrected chi connectivity index (χ2v) is 6.79. The van der Waals surface area contributed by atoms with Crippen LogP contribution in [-0.4, -0.2) is 34.9 Å². The average Bonchev–Trinajstić information content (AvgIpc) is 3.14. The minimum absolute atomic E-state index is 0.000113. The molecule has 1 aromatic carbocycles. The molecule has 2 heterocycles. The number of carbonyl (C=O) groups is 1. The van der Waals surface area contributed by atoms with E-state index in [4.69, 9.17) is 0 Å². The van der Waals surface area contributed by atoms with Gasteiger partial charge in [0.2, 0.25) is 10.0 Å². The highest BCUT2D eigenvalue weighted by Gasteiger charge is 2.22. The maximum absolute atomic E-state index is 14.1. The van der Waals surface area contributed by atoms with Gasteiger partial charge in [0.05, 0.1) is 12.5 Å². The van der Waals surface area contributed by atoms with Gasteiger partial charge in [-0.3, -0.25) is 4.79 Å². The van der Waals surface area contributed by atoms with Crippen molar-refractivity contribution < 1.29 is 17.6 Å². The molecule has 0 fully saturated rings. The van der Waals surface area contributed by atoms with Crippen LogP contribution < -0.4 is 4.72 Å². The van der Waals surface area contributed by atoms with Crippen LogP contribution in [0.3, 0.4) is 0 Å². The van der Waals surface area contributed by atoms with Crippen molar-refractivity contribution in [2.24, 2.45) is 0 Å². The lowest BCUT2D eigenvalue weighted by atomic mass is 10.3. The third-order valence-electron chi connectivity index (χ3n) is 3.20. The van der Waals surface area contributed by atoms with Crippen molar-refractivity contribution in [3.05, 3.63) is 66.4 Å². The molecule has 0 saturated heterocycles. The van der Waals surface area contributed by atoms with Crippen molar-refractivity contribution in [1.82, 2.24) is 19.1 Å². The number of amides is 1. The Labute approximate surface area is 137 Å². The fraction of sp³-hybridized carbons (Fsp3) is 0.0667. The third-order valence-corrected chi connectivity index (χ3v) is 3.75. The van der Waals surface area contributed by atoms with Crippen LogP contribution in [0.2, 0.25) is 0 Å². The SMILES string of the molecule is CS(=O)(=O)NC(=O)c1cnn(-c2ccccc2F)c1-n1cccc1. The molecule has 3 aromatic rings. The molecule has 3 rings (SSSR count). The standard InChI is InChI=1S/C15H13FN4O3S/c1-24(22,23)18-14(21)11-10-17-20(13-7-3-2-6-12(13)16)15(11)19-8-4-5-9-19/h2-10H,1H3,(H,18,21). The van der Waals surface area contributed by atoms with Gasteiger partial charge in [-0.1, -0.05) is 12.1 Å². The lowest BCUT2D eigenvalue weighted by Crippen LogP contribution is -2.30. The molecule has 0 spiro atoms. The van der Waals surface area contributed by atoms with Gasteiger partial charge in [0.1, 0.15) is 17.1 Å². The van der Waals surface area contributed by atoms with Crippen LogP contribution in [0, 0.1) is 5.82 Å². The van der Waals surface area contributed by atoms with Crippen LogP contribution >= 0.6 is 0 Å². The largest absolute Gasteiger partial charge is 0.308 e. The maximum Gasteiger partial charge on any atom is 0.270 e. The van der Waals surface area contributed by atoms with E-state index in [1.165, 1.54) is 29.1 Å². The van der Waals surface area contributed by atoms with Crippen LogP contribution in [0.1, 0.15) is 10.4 Å². The third kappa shape index (κ3) is 3.06. The number of hydrogen-bond acceptors (Lipinski definition) is 4. The van der Waals surface area contributed by atoms with E-state index in [1.807, 2.05) is 4.72 Å². The zero-order valence-electron chi connectivity index (χ0n) is 12.5. The molecule has 0 saturated carbocycles. The smallest absolute Gasteiger partial charge is 0.270 e. The molecule has 9 heteroatoms. The first-order valence-electron chi connectivity index (χ1n) is 6.85. The van der Waals surface area contributed by atoms with E-state index in [2.05, 4.69) is 5.10 Å². The first kappa shape index (κ1) is 15.9. The monoisotopic (exact) mass is 348 g/mol. The Morgan fingerprint density at radius 2 is 1.83 bits per heavy atom. The lowest BCUT2D eigenvalue weighted by Gasteiger charge is -2.11. The van der Waals surface area contributed by atoms with Crippen molar-refractivity contribution >= 4 is 15.9 Å². The van der Waals surface area contributed by atoms with Crippen molar-refractivity contribution in [1.29, 1.82) is 0 Å². The average molecular weight is 348 g/mol. The summed E-state index contributed by atoms with van der Waals surface area (Å²) in [6, 6.07) is 9.39. The number of nitrogens with one attached hydrogen (secondary N) is 1. The Bertz CT molecular complexity index is 994. The summed E-state index contributed by atoms with van der Waals surface area (Å²) in [7, 11) is -3.74. The molecular weight excluding hydrogens is 335 g/mol. The lowest BCUT2D eigenvalue weighted by molar-refractivity contribution is 0.0981. The number of para-hydroxylation sites is 1. The number of hydrogen-bond donors (Lipinski definition) is 1. The summed E-state index contributed by atoms with van der Waals surface area (Å²) in [5.74, 6) is -1.14. The van der Waals surface area contributed by atoms with Gasteiger partial charge >= 0.3 is 0 Å². The van der Waals surface area contributed by atoms with Crippen LogP contribution in [0.25, 0.3) is 11.5 Å². The molecule has 7 nitrogen and oxygen atoms in total. The summed E-state index contributed by atoms with van der Waals surface area (Å²) in [6.07, 6.45) is 5.36. The van der Waals surface area contributed by atoms with E-state index < -0.39 is 21.7 Å². The molecule has 0 unspecified atom stereocenters. The Kier molecular flexibility index (Phi) is 3.94. The van der Waals surface area contributed by atoms with Gasteiger partial charge in [0, 0.05) is 12.4 Å². The summed E-state index contributed by atoms with van der Waals surface area (Å²) in [4.78, 5) is 12.3. The molecule has 0 aliphatic carbocycles. The Morgan fingerprint density at radius 3 is 2.46 bits per heavy atom. The minimum atomic E-state index is -3.74. The van der Waals surface area contributed by atoms with E-state index in [1.54, 1.807) is 35.2 Å². The molecule has 0 radical (unpaired) electrons. The summed E-state index contributed by atoms with van der Waals surface area (Å²) in [5.41, 5.74) is 0.138. The van der Waals surface area contributed by atoms with Crippen LogP contribution in [0.15, 0.2) is 55.0 Å². The molecule has 0 aliphatic rings. The Morgan fingerprint density at radius 1 is 1.17 bits per heavy atom. The molecule has 0 aliphatic heterocycles. The normalized spacial score (nSPS) is 11.4. The number of aromatic nitrogens is 3. The van der Waals surface area contributed by atoms with Gasteiger partial charge in [0.25, 0.3) is 5.91 Å². The second kappa shape index (κ2) is 5.93. The number of carbonyl (C=O) groups excluding carboxylic acids is 1. The van der Waals surface area contributed by atoms with Gasteiger partial charge in [-0.15, -0.1) is 0 Å². The van der Waals surface area contributed by atoms with E-state index in [0.29, 0.717) is 0 Å². The van der Waals surface area contributed by atoms with Crippen LogP contribution in [-0.2, 0) is 10.0 Å². The molecule has 0 bridgehead atoms. The molecule has 1 amide bonds. The minimum Gasteiger partial charge on any atom is -0.308 e. The van der Waals surface area contributed by atoms with Gasteiger partial charge in [-0.25, -0.2) is 22.2 Å². The zero-order chi connectivity index (χ0) is 17.3. The summed E-state index contributed by atoms with van der Waals surface area (Å²) in [5, 5.41) is 4.05. The van der Waals surface area contributed by atoms with E-state index in [-0.39, 0.29) is 17.1 Å². The number of nitrogens with zero attached hydrogens (tertiary/aromatic N) is 3. The van der Waals surface area contributed by atoms with Crippen molar-refractivity contribution in [2.75, 3.05) is 6.26 Å². The number of benzene rings is 1. The van der Waals surface area contributed by atoms with Gasteiger partial charge in [0.15, 0.2) is 5.82 Å². The van der Waals surface area contributed by atoms with Gasteiger partial charge in [-0.05, 0) is 24.3 Å². The van der Waals surface area contributed by atoms with E-state index in [0.717, 1.165) is 6.26 Å². The summed E-state index contributed by atoms with van der Waals surface area (Å²) >= 11 is 0. The predicted molar refractivity (Wildman–Crippen MR) is 85.2 cm³/mol. The van der Waals surface area contributed by atoms with Gasteiger partial charge in [-0.2, -0.15) is 5.10 Å². The highest BCUT2D eigenvalue weighted by Crippen LogP contribution is 2.21. The first-order chi connectivity index (χ1) is 11.4. The molecule has 0 atom stereocenters. The van der Waals surface area contributed by atoms with E-state index >= 15 is 0 Å². The fourth-order valence-corrected chi connectivity index (χ4v) is 2.70. The van der Waals surface area contributed by atoms with Crippen molar-refractivity contribution in [2.45, 2.75) is 0 Å². The molecule has 24 heavy (non-hydrogen) atoms. The summed E-state index contributed by atoms with van der Waals surface area (Å²) in [6.45, 7) is 0. The topological polar surface area (TPSA) is 86.0 Å². The van der Waals surface area contributed by atoms with Crippen LogP contribution in [0.4, 0.5) is 4.39 Å². The van der Waals surface area contributed by atoms with Gasteiger partial charge < -0.3 is 4.57 Å². The Balaban J connectivity index is 2.19. The first-order valence-corrected chi connectivity index (χ1v) is 8.74. The number of sulfonamides is 1. The zero-order valence-corrected chi connectivity index (χ0v) is 13.4. The maximum atomic E-state index is 14.1. The molecule has 124 valence electrons. The summed E-state index contributed by atoms with van der Waals surface area (Å²) < 4.78 is 41.4. The number of rotatable bonds is 4. The second-order valence-electron chi connectivity index (χ2n) is 5.04. The Hall–Kier alpha value is -2.94. The predicted octanol–water partition coefficient (Wildman–Crippen LogP) is 1.49. The van der Waals surface area contributed by atoms with Crippen molar-refractivity contribution in [3.63, 3.8) is 0 Å².